The van der Waals surface area contributed by atoms with Crippen LogP contribution in [0.2, 0.25) is 0 Å². The van der Waals surface area contributed by atoms with Gasteiger partial charge in [0.05, 0.1) is 6.10 Å². The third-order valence-corrected chi connectivity index (χ3v) is 1.96. The summed E-state index contributed by atoms with van der Waals surface area (Å²) in [5, 5.41) is 0. The van der Waals surface area contributed by atoms with Crippen LogP contribution in [0.5, 0.6) is 5.75 Å². The smallest absolute Gasteiger partial charge is 0.406 e. The van der Waals surface area contributed by atoms with E-state index in [1.54, 1.807) is 6.07 Å². The van der Waals surface area contributed by atoms with Crippen LogP contribution in [0.15, 0.2) is 24.3 Å². The van der Waals surface area contributed by atoms with Gasteiger partial charge in [-0.3, -0.25) is 0 Å². The maximum Gasteiger partial charge on any atom is 0.573 e. The summed E-state index contributed by atoms with van der Waals surface area (Å²) in [5.74, 6) is -0.277. The molecule has 0 aliphatic carbocycles. The van der Waals surface area contributed by atoms with Gasteiger partial charge in [-0.1, -0.05) is 12.1 Å². The molecule has 1 rings (SSSR count). The second kappa shape index (κ2) is 5.18. The van der Waals surface area contributed by atoms with Crippen LogP contribution in [-0.2, 0) is 4.74 Å². The fourth-order valence-corrected chi connectivity index (χ4v) is 1.28. The fourth-order valence-electron chi connectivity index (χ4n) is 1.28. The zero-order valence-corrected chi connectivity index (χ0v) is 8.62. The number of hydrogen-bond donors (Lipinski definition) is 1. The third-order valence-electron chi connectivity index (χ3n) is 1.96. The molecule has 0 amide bonds. The van der Waals surface area contributed by atoms with E-state index in [9.17, 15) is 13.2 Å². The Kier molecular flexibility index (Phi) is 4.14. The highest BCUT2D eigenvalue weighted by Crippen LogP contribution is 2.26. The van der Waals surface area contributed by atoms with Gasteiger partial charge in [0.25, 0.3) is 0 Å². The van der Waals surface area contributed by atoms with Gasteiger partial charge < -0.3 is 15.2 Å². The molecule has 2 N–H and O–H groups in total. The molecule has 0 heterocycles. The summed E-state index contributed by atoms with van der Waals surface area (Å²) in [4.78, 5) is 0. The molecule has 90 valence electrons. The van der Waals surface area contributed by atoms with Gasteiger partial charge in [-0.05, 0) is 17.7 Å². The average molecular weight is 235 g/mol. The van der Waals surface area contributed by atoms with E-state index in [4.69, 9.17) is 10.5 Å². The van der Waals surface area contributed by atoms with Gasteiger partial charge in [0, 0.05) is 13.7 Å². The first-order valence-electron chi connectivity index (χ1n) is 4.55. The number of benzene rings is 1. The highest BCUT2D eigenvalue weighted by atomic mass is 19.4. The summed E-state index contributed by atoms with van der Waals surface area (Å²) < 4.78 is 44.7. The van der Waals surface area contributed by atoms with Crippen LogP contribution in [0.4, 0.5) is 13.2 Å². The molecule has 3 nitrogen and oxygen atoms in total. The predicted molar refractivity (Wildman–Crippen MR) is 51.9 cm³/mol. The van der Waals surface area contributed by atoms with Crippen molar-refractivity contribution < 1.29 is 22.6 Å². The first kappa shape index (κ1) is 12.8. The van der Waals surface area contributed by atoms with Crippen LogP contribution in [0.25, 0.3) is 0 Å². The number of ether oxygens (including phenoxy) is 2. The zero-order chi connectivity index (χ0) is 12.2. The van der Waals surface area contributed by atoms with Gasteiger partial charge in [-0.2, -0.15) is 0 Å². The lowest BCUT2D eigenvalue weighted by atomic mass is 10.1. The molecule has 0 aromatic heterocycles. The van der Waals surface area contributed by atoms with E-state index in [0.717, 1.165) is 0 Å². The summed E-state index contributed by atoms with van der Waals surface area (Å²) in [6, 6.07) is 5.57. The van der Waals surface area contributed by atoms with Gasteiger partial charge in [-0.15, -0.1) is 13.2 Å². The Balaban J connectivity index is 2.86. The lowest BCUT2D eigenvalue weighted by molar-refractivity contribution is -0.274. The summed E-state index contributed by atoms with van der Waals surface area (Å²) in [5.41, 5.74) is 5.95. The molecule has 0 unspecified atom stereocenters. The lowest BCUT2D eigenvalue weighted by Crippen LogP contribution is -2.18. The molecule has 0 bridgehead atoms. The van der Waals surface area contributed by atoms with Crippen molar-refractivity contribution in [1.29, 1.82) is 0 Å². The number of hydrogen-bond acceptors (Lipinski definition) is 3. The average Bonchev–Trinajstić information content (AvgIpc) is 2.17. The van der Waals surface area contributed by atoms with Gasteiger partial charge in [0.15, 0.2) is 0 Å². The molecule has 0 fully saturated rings. The highest BCUT2D eigenvalue weighted by molar-refractivity contribution is 5.30. The first-order valence-corrected chi connectivity index (χ1v) is 4.55. The fraction of sp³-hybridized carbons (Fsp3) is 0.400. The second-order valence-corrected chi connectivity index (χ2v) is 3.08. The summed E-state index contributed by atoms with van der Waals surface area (Å²) in [6.45, 7) is 0.186. The van der Waals surface area contributed by atoms with E-state index < -0.39 is 12.5 Å². The molecule has 0 aliphatic rings. The van der Waals surface area contributed by atoms with Crippen molar-refractivity contribution in [3.05, 3.63) is 29.8 Å². The van der Waals surface area contributed by atoms with E-state index in [1.165, 1.54) is 25.3 Å². The van der Waals surface area contributed by atoms with Gasteiger partial charge in [0.2, 0.25) is 0 Å². The summed E-state index contributed by atoms with van der Waals surface area (Å²) >= 11 is 0. The standard InChI is InChI=1S/C10H12F3NO2/c1-15-9(6-14)7-3-2-4-8(5-7)16-10(11,12)13/h2-5,9H,6,14H2,1H3/t9-/m0/s1. The number of methoxy groups -OCH3 is 1. The molecule has 0 aliphatic heterocycles. The van der Waals surface area contributed by atoms with Crippen LogP contribution in [0.3, 0.4) is 0 Å². The minimum Gasteiger partial charge on any atom is -0.406 e. The largest absolute Gasteiger partial charge is 0.573 e. The van der Waals surface area contributed by atoms with Gasteiger partial charge in [0.1, 0.15) is 5.75 Å². The molecular weight excluding hydrogens is 223 g/mol. The van der Waals surface area contributed by atoms with Crippen LogP contribution >= 0.6 is 0 Å². The molecule has 0 radical (unpaired) electrons. The number of nitrogens with two attached hydrogens (primary N) is 1. The molecule has 0 spiro atoms. The van der Waals surface area contributed by atoms with Crippen LogP contribution in [0.1, 0.15) is 11.7 Å². The molecule has 1 aromatic carbocycles. The third kappa shape index (κ3) is 3.71. The van der Waals surface area contributed by atoms with Crippen LogP contribution in [0, 0.1) is 0 Å². The van der Waals surface area contributed by atoms with Crippen LogP contribution in [-0.4, -0.2) is 20.0 Å². The zero-order valence-electron chi connectivity index (χ0n) is 8.62. The topological polar surface area (TPSA) is 44.5 Å². The van der Waals surface area contributed by atoms with E-state index >= 15 is 0 Å². The predicted octanol–water partition coefficient (Wildman–Crippen LogP) is 2.23. The molecular formula is C10H12F3NO2. The summed E-state index contributed by atoms with van der Waals surface area (Å²) in [7, 11) is 1.44. The highest BCUT2D eigenvalue weighted by Gasteiger charge is 2.31. The molecule has 16 heavy (non-hydrogen) atoms. The maximum atomic E-state index is 12.0. The van der Waals surface area contributed by atoms with Crippen LogP contribution < -0.4 is 10.5 Å². The van der Waals surface area contributed by atoms with Crippen molar-refractivity contribution in [1.82, 2.24) is 0 Å². The van der Waals surface area contributed by atoms with E-state index in [1.807, 2.05) is 0 Å². The number of rotatable bonds is 4. The van der Waals surface area contributed by atoms with Crippen molar-refractivity contribution in [2.45, 2.75) is 12.5 Å². The molecule has 0 saturated carbocycles. The van der Waals surface area contributed by atoms with Crippen molar-refractivity contribution in [3.63, 3.8) is 0 Å². The minimum atomic E-state index is -4.69. The van der Waals surface area contributed by atoms with E-state index in [-0.39, 0.29) is 12.3 Å². The lowest BCUT2D eigenvalue weighted by Gasteiger charge is -2.15. The minimum absolute atomic E-state index is 0.186. The quantitative estimate of drug-likeness (QED) is 0.870. The van der Waals surface area contributed by atoms with Crippen molar-refractivity contribution in [2.24, 2.45) is 5.73 Å². The Morgan fingerprint density at radius 1 is 1.38 bits per heavy atom. The molecule has 0 saturated heterocycles. The monoisotopic (exact) mass is 235 g/mol. The number of alkyl halides is 3. The SMILES string of the molecule is CO[C@@H](CN)c1cccc(OC(F)(F)F)c1. The Bertz CT molecular complexity index is 337. The molecule has 1 atom stereocenters. The van der Waals surface area contributed by atoms with E-state index in [0.29, 0.717) is 5.56 Å². The maximum absolute atomic E-state index is 12.0. The number of halogens is 3. The Hall–Kier alpha value is -1.27. The van der Waals surface area contributed by atoms with Gasteiger partial charge >= 0.3 is 6.36 Å². The first-order chi connectivity index (χ1) is 7.46. The van der Waals surface area contributed by atoms with Crippen molar-refractivity contribution in [3.8, 4) is 5.75 Å². The molecule has 6 heteroatoms. The molecule has 1 aromatic rings. The Morgan fingerprint density at radius 3 is 2.56 bits per heavy atom. The second-order valence-electron chi connectivity index (χ2n) is 3.08. The van der Waals surface area contributed by atoms with E-state index in [2.05, 4.69) is 4.74 Å². The Morgan fingerprint density at radius 2 is 2.06 bits per heavy atom. The van der Waals surface area contributed by atoms with Crippen molar-refractivity contribution in [2.75, 3.05) is 13.7 Å². The van der Waals surface area contributed by atoms with Crippen molar-refractivity contribution >= 4 is 0 Å². The normalized spacial score (nSPS) is 13.6. The summed E-state index contributed by atoms with van der Waals surface area (Å²) in [6.07, 6.45) is -5.12. The van der Waals surface area contributed by atoms with Gasteiger partial charge in [-0.25, -0.2) is 0 Å². The Labute approximate surface area is 91.0 Å².